The van der Waals surface area contributed by atoms with Crippen LogP contribution in [0.5, 0.6) is 0 Å². The summed E-state index contributed by atoms with van der Waals surface area (Å²) in [5.41, 5.74) is 9.62. The summed E-state index contributed by atoms with van der Waals surface area (Å²) < 4.78 is 0. The van der Waals surface area contributed by atoms with E-state index in [0.717, 1.165) is 5.69 Å². The number of aryl methyl sites for hydroxylation is 3. The Bertz CT molecular complexity index is 531. The van der Waals surface area contributed by atoms with E-state index < -0.39 is 0 Å². The molecule has 0 aliphatic heterocycles. The summed E-state index contributed by atoms with van der Waals surface area (Å²) in [5.74, 6) is 0. The Balaban J connectivity index is 2.22. The third-order valence-corrected chi connectivity index (χ3v) is 4.03. The van der Waals surface area contributed by atoms with Gasteiger partial charge in [-0.25, -0.2) is 0 Å². The van der Waals surface area contributed by atoms with Crippen molar-refractivity contribution in [1.82, 2.24) is 0 Å². The van der Waals surface area contributed by atoms with E-state index in [1.165, 1.54) is 20.9 Å². The van der Waals surface area contributed by atoms with E-state index in [2.05, 4.69) is 56.4 Å². The zero-order valence-corrected chi connectivity index (χ0v) is 12.0. The first-order valence-corrected chi connectivity index (χ1v) is 7.02. The number of nitrogens with two attached hydrogens (primary N) is 1. The molecule has 0 saturated carbocycles. The van der Waals surface area contributed by atoms with Gasteiger partial charge in [0, 0.05) is 22.0 Å². The standard InChI is InChI=1S/C15H20N2S/c1-10-5-4-6-13(7-10)17-15(9-16)14-8-11(2)18-12(14)3/h4-8,15,17H,9,16H2,1-3H3. The molecule has 2 aromatic rings. The molecule has 2 nitrogen and oxygen atoms in total. The van der Waals surface area contributed by atoms with Gasteiger partial charge in [-0.3, -0.25) is 0 Å². The first kappa shape index (κ1) is 13.1. The topological polar surface area (TPSA) is 38.0 Å². The molecule has 1 unspecified atom stereocenters. The van der Waals surface area contributed by atoms with Crippen LogP contribution in [0.15, 0.2) is 30.3 Å². The highest BCUT2D eigenvalue weighted by atomic mass is 32.1. The maximum atomic E-state index is 5.91. The van der Waals surface area contributed by atoms with E-state index in [0.29, 0.717) is 6.54 Å². The van der Waals surface area contributed by atoms with Crippen LogP contribution >= 0.6 is 11.3 Å². The molecule has 2 rings (SSSR count). The molecule has 0 radical (unpaired) electrons. The van der Waals surface area contributed by atoms with E-state index in [1.807, 2.05) is 11.3 Å². The fourth-order valence-electron chi connectivity index (χ4n) is 2.20. The lowest BCUT2D eigenvalue weighted by Crippen LogP contribution is -2.20. The number of thiophene rings is 1. The molecule has 18 heavy (non-hydrogen) atoms. The molecule has 1 aromatic carbocycles. The van der Waals surface area contributed by atoms with Crippen LogP contribution in [0.1, 0.15) is 26.9 Å². The fraction of sp³-hybridized carbons (Fsp3) is 0.333. The van der Waals surface area contributed by atoms with Crippen LogP contribution in [-0.2, 0) is 0 Å². The van der Waals surface area contributed by atoms with Crippen molar-refractivity contribution in [2.45, 2.75) is 26.8 Å². The van der Waals surface area contributed by atoms with Gasteiger partial charge in [0.05, 0.1) is 6.04 Å². The molecule has 3 heteroatoms. The Hall–Kier alpha value is -1.32. The Labute approximate surface area is 113 Å². The number of hydrogen-bond donors (Lipinski definition) is 2. The zero-order chi connectivity index (χ0) is 13.1. The first-order valence-electron chi connectivity index (χ1n) is 6.20. The lowest BCUT2D eigenvalue weighted by molar-refractivity contribution is 0.788. The molecule has 0 bridgehead atoms. The maximum absolute atomic E-state index is 5.91. The van der Waals surface area contributed by atoms with Crippen molar-refractivity contribution in [2.75, 3.05) is 11.9 Å². The highest BCUT2D eigenvalue weighted by Gasteiger charge is 2.14. The van der Waals surface area contributed by atoms with Crippen LogP contribution in [0.2, 0.25) is 0 Å². The van der Waals surface area contributed by atoms with Crippen molar-refractivity contribution in [1.29, 1.82) is 0 Å². The van der Waals surface area contributed by atoms with Gasteiger partial charge in [0.25, 0.3) is 0 Å². The molecule has 3 N–H and O–H groups in total. The molecular weight excluding hydrogens is 240 g/mol. The van der Waals surface area contributed by atoms with Gasteiger partial charge in [0.15, 0.2) is 0 Å². The van der Waals surface area contributed by atoms with Gasteiger partial charge in [-0.1, -0.05) is 12.1 Å². The van der Waals surface area contributed by atoms with Gasteiger partial charge >= 0.3 is 0 Å². The third-order valence-electron chi connectivity index (χ3n) is 3.05. The van der Waals surface area contributed by atoms with E-state index in [9.17, 15) is 0 Å². The summed E-state index contributed by atoms with van der Waals surface area (Å²) in [6.45, 7) is 7.00. The SMILES string of the molecule is Cc1cccc(NC(CN)c2cc(C)sc2C)c1. The van der Waals surface area contributed by atoms with Gasteiger partial charge in [0.1, 0.15) is 0 Å². The predicted octanol–water partition coefficient (Wildman–Crippen LogP) is 3.79. The summed E-state index contributed by atoms with van der Waals surface area (Å²) in [7, 11) is 0. The molecule has 96 valence electrons. The minimum absolute atomic E-state index is 0.191. The van der Waals surface area contributed by atoms with Crippen molar-refractivity contribution in [2.24, 2.45) is 5.73 Å². The third kappa shape index (κ3) is 2.92. The number of hydrogen-bond acceptors (Lipinski definition) is 3. The largest absolute Gasteiger partial charge is 0.377 e. The molecule has 1 atom stereocenters. The quantitative estimate of drug-likeness (QED) is 0.878. The van der Waals surface area contributed by atoms with E-state index >= 15 is 0 Å². The van der Waals surface area contributed by atoms with Crippen LogP contribution in [0.3, 0.4) is 0 Å². The molecule has 0 aliphatic rings. The van der Waals surface area contributed by atoms with Crippen molar-refractivity contribution in [3.63, 3.8) is 0 Å². The number of benzene rings is 1. The van der Waals surface area contributed by atoms with Gasteiger partial charge in [-0.05, 0) is 50.1 Å². The van der Waals surface area contributed by atoms with Crippen LogP contribution in [-0.4, -0.2) is 6.54 Å². The maximum Gasteiger partial charge on any atom is 0.0647 e. The molecule has 0 fully saturated rings. The average molecular weight is 260 g/mol. The van der Waals surface area contributed by atoms with Crippen molar-refractivity contribution in [3.05, 3.63) is 51.2 Å². The van der Waals surface area contributed by atoms with E-state index in [4.69, 9.17) is 5.73 Å². The second-order valence-electron chi connectivity index (χ2n) is 4.67. The molecule has 0 spiro atoms. The Kier molecular flexibility index (Phi) is 4.04. The zero-order valence-electron chi connectivity index (χ0n) is 11.2. The van der Waals surface area contributed by atoms with Crippen LogP contribution in [0, 0.1) is 20.8 Å². The summed E-state index contributed by atoms with van der Waals surface area (Å²) in [5, 5.41) is 3.52. The van der Waals surface area contributed by atoms with Crippen molar-refractivity contribution >= 4 is 17.0 Å². The summed E-state index contributed by atoms with van der Waals surface area (Å²) >= 11 is 1.83. The van der Waals surface area contributed by atoms with E-state index in [-0.39, 0.29) is 6.04 Å². The number of nitrogens with one attached hydrogen (secondary N) is 1. The normalized spacial score (nSPS) is 12.4. The molecule has 1 aromatic heterocycles. The molecular formula is C15H20N2S. The fourth-order valence-corrected chi connectivity index (χ4v) is 3.18. The predicted molar refractivity (Wildman–Crippen MR) is 80.4 cm³/mol. The highest BCUT2D eigenvalue weighted by molar-refractivity contribution is 7.12. The Morgan fingerprint density at radius 2 is 2.00 bits per heavy atom. The van der Waals surface area contributed by atoms with Gasteiger partial charge in [-0.2, -0.15) is 0 Å². The summed E-state index contributed by atoms with van der Waals surface area (Å²) in [6.07, 6.45) is 0. The van der Waals surface area contributed by atoms with Crippen LogP contribution in [0.4, 0.5) is 5.69 Å². The minimum atomic E-state index is 0.191. The second kappa shape index (κ2) is 5.55. The first-order chi connectivity index (χ1) is 8.60. The number of rotatable bonds is 4. The minimum Gasteiger partial charge on any atom is -0.377 e. The van der Waals surface area contributed by atoms with Gasteiger partial charge in [0.2, 0.25) is 0 Å². The molecule has 0 aliphatic carbocycles. The van der Waals surface area contributed by atoms with Gasteiger partial charge in [-0.15, -0.1) is 11.3 Å². The summed E-state index contributed by atoms with van der Waals surface area (Å²) in [4.78, 5) is 2.69. The second-order valence-corrected chi connectivity index (χ2v) is 6.13. The van der Waals surface area contributed by atoms with Crippen LogP contribution < -0.4 is 11.1 Å². The smallest absolute Gasteiger partial charge is 0.0647 e. The average Bonchev–Trinajstić information content (AvgIpc) is 2.65. The van der Waals surface area contributed by atoms with E-state index in [1.54, 1.807) is 0 Å². The lowest BCUT2D eigenvalue weighted by Gasteiger charge is -2.18. The molecule has 0 amide bonds. The number of anilines is 1. The molecule has 1 heterocycles. The lowest BCUT2D eigenvalue weighted by atomic mass is 10.1. The van der Waals surface area contributed by atoms with Crippen molar-refractivity contribution in [3.8, 4) is 0 Å². The highest BCUT2D eigenvalue weighted by Crippen LogP contribution is 2.28. The van der Waals surface area contributed by atoms with Crippen LogP contribution in [0.25, 0.3) is 0 Å². The molecule has 0 saturated heterocycles. The Morgan fingerprint density at radius 1 is 1.22 bits per heavy atom. The van der Waals surface area contributed by atoms with Crippen molar-refractivity contribution < 1.29 is 0 Å². The van der Waals surface area contributed by atoms with Gasteiger partial charge < -0.3 is 11.1 Å². The monoisotopic (exact) mass is 260 g/mol. The Morgan fingerprint density at radius 3 is 2.56 bits per heavy atom. The summed E-state index contributed by atoms with van der Waals surface area (Å²) in [6, 6.07) is 10.8.